The van der Waals surface area contributed by atoms with E-state index in [9.17, 15) is 13.2 Å². The summed E-state index contributed by atoms with van der Waals surface area (Å²) in [7, 11) is 0. The maximum Gasteiger partial charge on any atom is 0.392 e. The first-order valence-electron chi connectivity index (χ1n) is 4.73. The number of hydrogen-bond acceptors (Lipinski definition) is 4. The fourth-order valence-electron chi connectivity index (χ4n) is 0.996. The van der Waals surface area contributed by atoms with Crippen LogP contribution in [0.4, 0.5) is 19.0 Å². The number of alkyl halides is 3. The molecule has 1 rings (SSSR count). The molecule has 90 valence electrons. The molecule has 0 unspecified atom stereocenters. The van der Waals surface area contributed by atoms with E-state index < -0.39 is 19.2 Å². The molecule has 0 bridgehead atoms. The summed E-state index contributed by atoms with van der Waals surface area (Å²) in [6, 6.07) is 1.30. The minimum Gasteiger partial charge on any atom is -0.477 e. The molecule has 0 amide bonds. The number of nitrogens with zero attached hydrogens (tertiary/aromatic N) is 2. The molecule has 0 radical (unpaired) electrons. The van der Waals surface area contributed by atoms with Gasteiger partial charge >= 0.3 is 6.18 Å². The van der Waals surface area contributed by atoms with Gasteiger partial charge in [0.15, 0.2) is 0 Å². The number of anilines is 1. The maximum absolute atomic E-state index is 11.8. The number of hydrogen-bond donors (Lipinski definition) is 1. The van der Waals surface area contributed by atoms with Gasteiger partial charge in [-0.15, -0.1) is 0 Å². The average molecular weight is 235 g/mol. The van der Waals surface area contributed by atoms with Crippen LogP contribution in [0.5, 0.6) is 5.88 Å². The molecule has 0 aliphatic heterocycles. The molecule has 0 aromatic carbocycles. The summed E-state index contributed by atoms with van der Waals surface area (Å²) in [5, 5.41) is 0. The highest BCUT2D eigenvalue weighted by Crippen LogP contribution is 2.20. The summed E-state index contributed by atoms with van der Waals surface area (Å²) in [6.07, 6.45) is -4.70. The molecule has 7 heteroatoms. The minimum atomic E-state index is -4.23. The SMILES string of the molecule is CCc1nc(N)cc(OCCC(F)(F)F)n1. The van der Waals surface area contributed by atoms with Crippen molar-refractivity contribution in [2.75, 3.05) is 12.3 Å². The zero-order valence-electron chi connectivity index (χ0n) is 8.71. The van der Waals surface area contributed by atoms with Crippen molar-refractivity contribution in [1.82, 2.24) is 9.97 Å². The molecule has 0 aliphatic carbocycles. The van der Waals surface area contributed by atoms with Crippen LogP contribution in [-0.2, 0) is 6.42 Å². The molecule has 1 aromatic rings. The first-order chi connectivity index (χ1) is 7.40. The second kappa shape index (κ2) is 5.00. The van der Waals surface area contributed by atoms with Crippen molar-refractivity contribution < 1.29 is 17.9 Å². The normalized spacial score (nSPS) is 11.5. The number of aromatic nitrogens is 2. The number of aryl methyl sites for hydroxylation is 1. The molecule has 0 fully saturated rings. The highest BCUT2D eigenvalue weighted by molar-refractivity contribution is 5.32. The molecule has 0 atom stereocenters. The van der Waals surface area contributed by atoms with Crippen LogP contribution < -0.4 is 10.5 Å². The second-order valence-corrected chi connectivity index (χ2v) is 3.11. The van der Waals surface area contributed by atoms with Crippen molar-refractivity contribution in [2.24, 2.45) is 0 Å². The van der Waals surface area contributed by atoms with Crippen molar-refractivity contribution in [3.05, 3.63) is 11.9 Å². The third kappa shape index (κ3) is 4.33. The van der Waals surface area contributed by atoms with Gasteiger partial charge < -0.3 is 10.5 Å². The van der Waals surface area contributed by atoms with Crippen molar-refractivity contribution in [1.29, 1.82) is 0 Å². The zero-order chi connectivity index (χ0) is 12.2. The van der Waals surface area contributed by atoms with Crippen molar-refractivity contribution >= 4 is 5.82 Å². The lowest BCUT2D eigenvalue weighted by Gasteiger charge is -2.08. The molecular formula is C9H12F3N3O. The Balaban J connectivity index is 2.57. The van der Waals surface area contributed by atoms with Gasteiger partial charge in [-0.1, -0.05) is 6.92 Å². The highest BCUT2D eigenvalue weighted by Gasteiger charge is 2.26. The summed E-state index contributed by atoms with van der Waals surface area (Å²) in [6.45, 7) is 1.34. The highest BCUT2D eigenvalue weighted by atomic mass is 19.4. The van der Waals surface area contributed by atoms with E-state index in [1.807, 2.05) is 6.92 Å². The predicted octanol–water partition coefficient (Wildman–Crippen LogP) is 1.95. The van der Waals surface area contributed by atoms with E-state index in [4.69, 9.17) is 10.5 Å². The third-order valence-electron chi connectivity index (χ3n) is 1.72. The Kier molecular flexibility index (Phi) is 3.92. The van der Waals surface area contributed by atoms with Crippen LogP contribution in [0.2, 0.25) is 0 Å². The Morgan fingerprint density at radius 3 is 2.62 bits per heavy atom. The number of nitrogens with two attached hydrogens (primary N) is 1. The van der Waals surface area contributed by atoms with Gasteiger partial charge in [0, 0.05) is 12.5 Å². The average Bonchev–Trinajstić information content (AvgIpc) is 2.14. The van der Waals surface area contributed by atoms with Crippen LogP contribution >= 0.6 is 0 Å². The lowest BCUT2D eigenvalue weighted by molar-refractivity contribution is -0.139. The van der Waals surface area contributed by atoms with Crippen LogP contribution in [0.15, 0.2) is 6.07 Å². The van der Waals surface area contributed by atoms with Gasteiger partial charge in [0.2, 0.25) is 5.88 Å². The monoisotopic (exact) mass is 235 g/mol. The Labute approximate surface area is 90.6 Å². The van der Waals surface area contributed by atoms with Crippen LogP contribution in [0.25, 0.3) is 0 Å². The Bertz CT molecular complexity index is 354. The van der Waals surface area contributed by atoms with Gasteiger partial charge in [-0.2, -0.15) is 18.2 Å². The summed E-state index contributed by atoms with van der Waals surface area (Å²) in [4.78, 5) is 7.76. The third-order valence-corrected chi connectivity index (χ3v) is 1.72. The molecular weight excluding hydrogens is 223 g/mol. The van der Waals surface area contributed by atoms with E-state index >= 15 is 0 Å². The standard InChI is InChI=1S/C9H12F3N3O/c1-2-7-14-6(13)5-8(15-7)16-4-3-9(10,11)12/h5H,2-4H2,1H3,(H2,13,14,15). The Morgan fingerprint density at radius 1 is 1.38 bits per heavy atom. The molecule has 0 saturated carbocycles. The van der Waals surface area contributed by atoms with Crippen LogP contribution in [-0.4, -0.2) is 22.8 Å². The lowest BCUT2D eigenvalue weighted by atomic mass is 10.4. The van der Waals surface area contributed by atoms with Crippen LogP contribution in [0.1, 0.15) is 19.2 Å². The Morgan fingerprint density at radius 2 is 2.06 bits per heavy atom. The van der Waals surface area contributed by atoms with E-state index in [1.54, 1.807) is 0 Å². The van der Waals surface area contributed by atoms with Gasteiger partial charge in [-0.25, -0.2) is 4.98 Å². The minimum absolute atomic E-state index is 0.0774. The largest absolute Gasteiger partial charge is 0.477 e. The van der Waals surface area contributed by atoms with Gasteiger partial charge in [-0.3, -0.25) is 0 Å². The van der Waals surface area contributed by atoms with Crippen molar-refractivity contribution in [3.8, 4) is 5.88 Å². The molecule has 0 spiro atoms. The number of halogens is 3. The van der Waals surface area contributed by atoms with Gasteiger partial charge in [0.25, 0.3) is 0 Å². The first-order valence-corrected chi connectivity index (χ1v) is 4.73. The predicted molar refractivity (Wildman–Crippen MR) is 52.0 cm³/mol. The summed E-state index contributed by atoms with van der Waals surface area (Å²) >= 11 is 0. The second-order valence-electron chi connectivity index (χ2n) is 3.11. The smallest absolute Gasteiger partial charge is 0.392 e. The van der Waals surface area contributed by atoms with Gasteiger partial charge in [-0.05, 0) is 0 Å². The number of rotatable bonds is 4. The molecule has 1 aromatic heterocycles. The molecule has 2 N–H and O–H groups in total. The van der Waals surface area contributed by atoms with E-state index in [0.717, 1.165) is 0 Å². The Hall–Kier alpha value is -1.53. The summed E-state index contributed by atoms with van der Waals surface area (Å²) < 4.78 is 40.4. The van der Waals surface area contributed by atoms with Gasteiger partial charge in [0.1, 0.15) is 11.6 Å². The van der Waals surface area contributed by atoms with Crippen LogP contribution in [0.3, 0.4) is 0 Å². The molecule has 1 heterocycles. The summed E-state index contributed by atoms with van der Waals surface area (Å²) in [5.41, 5.74) is 5.44. The molecule has 4 nitrogen and oxygen atoms in total. The van der Waals surface area contributed by atoms with Crippen molar-refractivity contribution in [2.45, 2.75) is 25.9 Å². The zero-order valence-corrected chi connectivity index (χ0v) is 8.71. The maximum atomic E-state index is 11.8. The van der Waals surface area contributed by atoms with Crippen LogP contribution in [0, 0.1) is 0 Å². The van der Waals surface area contributed by atoms with E-state index in [2.05, 4.69) is 9.97 Å². The fourth-order valence-corrected chi connectivity index (χ4v) is 0.996. The van der Waals surface area contributed by atoms with Crippen molar-refractivity contribution in [3.63, 3.8) is 0 Å². The van der Waals surface area contributed by atoms with E-state index in [0.29, 0.717) is 12.2 Å². The topological polar surface area (TPSA) is 61.0 Å². The molecule has 0 saturated heterocycles. The summed E-state index contributed by atoms with van der Waals surface area (Å²) in [5.74, 6) is 0.712. The molecule has 0 aliphatic rings. The fraction of sp³-hybridized carbons (Fsp3) is 0.556. The van der Waals surface area contributed by atoms with Gasteiger partial charge in [0.05, 0.1) is 13.0 Å². The van der Waals surface area contributed by atoms with E-state index in [-0.39, 0.29) is 11.7 Å². The molecule has 16 heavy (non-hydrogen) atoms. The quantitative estimate of drug-likeness (QED) is 0.866. The number of nitrogen functional groups attached to an aromatic ring is 1. The lowest BCUT2D eigenvalue weighted by Crippen LogP contribution is -2.14. The first kappa shape index (κ1) is 12.5. The number of ether oxygens (including phenoxy) is 1. The van der Waals surface area contributed by atoms with E-state index in [1.165, 1.54) is 6.07 Å².